The fourth-order valence-corrected chi connectivity index (χ4v) is 1.55. The fraction of sp³-hybridized carbons (Fsp3) is 0.200. The molecule has 0 saturated heterocycles. The molecule has 0 aliphatic rings. The van der Waals surface area contributed by atoms with Crippen molar-refractivity contribution in [2.45, 2.75) is 12.3 Å². The first-order valence-electron chi connectivity index (χ1n) is 4.35. The Balaban J connectivity index is 2.46. The Bertz CT molecular complexity index is 422. The van der Waals surface area contributed by atoms with Gasteiger partial charge in [0.15, 0.2) is 5.82 Å². The van der Waals surface area contributed by atoms with E-state index in [1.54, 1.807) is 0 Å². The normalized spacial score (nSPS) is 10.4. The predicted octanol–water partition coefficient (Wildman–Crippen LogP) is 2.47. The first kappa shape index (κ1) is 9.40. The maximum atomic E-state index is 4.36. The molecule has 0 spiro atoms. The molecule has 72 valence electrons. The molecule has 0 radical (unpaired) electrons. The van der Waals surface area contributed by atoms with Gasteiger partial charge in [0, 0.05) is 0 Å². The average molecular weight is 252 g/mol. The van der Waals surface area contributed by atoms with Crippen LogP contribution in [0.2, 0.25) is 0 Å². The van der Waals surface area contributed by atoms with Gasteiger partial charge in [0.2, 0.25) is 0 Å². The highest BCUT2D eigenvalue weighted by atomic mass is 79.9. The number of aryl methyl sites for hydroxylation is 1. The Hall–Kier alpha value is -1.16. The van der Waals surface area contributed by atoms with Gasteiger partial charge >= 0.3 is 0 Å². The first-order valence-corrected chi connectivity index (χ1v) is 5.47. The number of benzene rings is 1. The van der Waals surface area contributed by atoms with Crippen LogP contribution in [0.15, 0.2) is 30.3 Å². The number of aromatic nitrogens is 3. The van der Waals surface area contributed by atoms with Crippen LogP contribution in [0.5, 0.6) is 0 Å². The summed E-state index contributed by atoms with van der Waals surface area (Å²) in [4.78, 5) is 4.31. The summed E-state index contributed by atoms with van der Waals surface area (Å²) >= 11 is 3.34. The minimum Gasteiger partial charge on any atom is -0.218 e. The lowest BCUT2D eigenvalue weighted by Crippen LogP contribution is -1.98. The van der Waals surface area contributed by atoms with E-state index in [0.29, 0.717) is 5.33 Å². The summed E-state index contributed by atoms with van der Waals surface area (Å²) < 4.78 is 1.84. The number of nitrogens with zero attached hydrogens (tertiary/aromatic N) is 3. The van der Waals surface area contributed by atoms with Gasteiger partial charge in [0.05, 0.1) is 11.0 Å². The molecular weight excluding hydrogens is 242 g/mol. The van der Waals surface area contributed by atoms with E-state index in [0.717, 1.165) is 17.3 Å². The SMILES string of the molecule is Cc1nc(CBr)nn1-c1ccccc1. The van der Waals surface area contributed by atoms with Gasteiger partial charge in [-0.05, 0) is 19.1 Å². The number of hydrogen-bond donors (Lipinski definition) is 0. The van der Waals surface area contributed by atoms with Crippen molar-refractivity contribution in [2.24, 2.45) is 0 Å². The van der Waals surface area contributed by atoms with E-state index in [2.05, 4.69) is 26.0 Å². The predicted molar refractivity (Wildman–Crippen MR) is 58.7 cm³/mol. The van der Waals surface area contributed by atoms with Gasteiger partial charge in [0.1, 0.15) is 5.82 Å². The van der Waals surface area contributed by atoms with Crippen LogP contribution in [0.3, 0.4) is 0 Å². The van der Waals surface area contributed by atoms with Crippen LogP contribution in [-0.4, -0.2) is 14.8 Å². The van der Waals surface area contributed by atoms with Crippen molar-refractivity contribution in [2.75, 3.05) is 0 Å². The zero-order valence-corrected chi connectivity index (χ0v) is 9.40. The highest BCUT2D eigenvalue weighted by Crippen LogP contribution is 2.09. The molecule has 3 nitrogen and oxygen atoms in total. The summed E-state index contributed by atoms with van der Waals surface area (Å²) in [7, 11) is 0. The third-order valence-corrected chi connectivity index (χ3v) is 2.43. The van der Waals surface area contributed by atoms with E-state index in [1.165, 1.54) is 0 Å². The molecule has 14 heavy (non-hydrogen) atoms. The van der Waals surface area contributed by atoms with Crippen LogP contribution in [0.1, 0.15) is 11.6 Å². The van der Waals surface area contributed by atoms with Crippen LogP contribution in [0.25, 0.3) is 5.69 Å². The van der Waals surface area contributed by atoms with Crippen LogP contribution >= 0.6 is 15.9 Å². The lowest BCUT2D eigenvalue weighted by atomic mass is 10.3. The summed E-state index contributed by atoms with van der Waals surface area (Å²) in [6.45, 7) is 1.95. The van der Waals surface area contributed by atoms with Crippen molar-refractivity contribution in [3.8, 4) is 5.69 Å². The summed E-state index contributed by atoms with van der Waals surface area (Å²) in [5.41, 5.74) is 1.05. The first-order chi connectivity index (χ1) is 6.81. The quantitative estimate of drug-likeness (QED) is 0.768. The number of halogens is 1. The molecule has 4 heteroatoms. The molecule has 0 bridgehead atoms. The molecule has 0 fully saturated rings. The molecule has 2 rings (SSSR count). The van der Waals surface area contributed by atoms with Gasteiger partial charge in [-0.15, -0.1) is 0 Å². The molecule has 0 saturated carbocycles. The second-order valence-corrected chi connectivity index (χ2v) is 3.52. The Morgan fingerprint density at radius 2 is 2.00 bits per heavy atom. The van der Waals surface area contributed by atoms with E-state index in [1.807, 2.05) is 41.9 Å². The second kappa shape index (κ2) is 3.92. The number of hydrogen-bond acceptors (Lipinski definition) is 2. The molecule has 0 unspecified atom stereocenters. The number of rotatable bonds is 2. The van der Waals surface area contributed by atoms with Crippen molar-refractivity contribution in [3.05, 3.63) is 42.0 Å². The smallest absolute Gasteiger partial charge is 0.161 e. The zero-order valence-electron chi connectivity index (χ0n) is 7.81. The maximum Gasteiger partial charge on any atom is 0.161 e. The van der Waals surface area contributed by atoms with Gasteiger partial charge in [-0.1, -0.05) is 34.1 Å². The molecule has 1 aromatic heterocycles. The molecule has 1 aromatic carbocycles. The summed E-state index contributed by atoms with van der Waals surface area (Å²) in [6.07, 6.45) is 0. The van der Waals surface area contributed by atoms with Crippen molar-refractivity contribution in [1.29, 1.82) is 0 Å². The Kier molecular flexibility index (Phi) is 2.63. The molecule has 0 amide bonds. The van der Waals surface area contributed by atoms with Crippen molar-refractivity contribution >= 4 is 15.9 Å². The maximum absolute atomic E-state index is 4.36. The Morgan fingerprint density at radius 3 is 2.57 bits per heavy atom. The molecule has 0 atom stereocenters. The fourth-order valence-electron chi connectivity index (χ4n) is 1.31. The average Bonchev–Trinajstić information content (AvgIpc) is 2.61. The van der Waals surface area contributed by atoms with Gasteiger partial charge in [-0.3, -0.25) is 0 Å². The number of alkyl halides is 1. The summed E-state index contributed by atoms with van der Waals surface area (Å²) in [5.74, 6) is 1.72. The lowest BCUT2D eigenvalue weighted by molar-refractivity contribution is 0.830. The van der Waals surface area contributed by atoms with E-state index >= 15 is 0 Å². The van der Waals surface area contributed by atoms with Gasteiger partial charge in [-0.25, -0.2) is 9.67 Å². The van der Waals surface area contributed by atoms with Crippen LogP contribution < -0.4 is 0 Å². The molecule has 2 aromatic rings. The molecular formula is C10H10BrN3. The molecule has 0 N–H and O–H groups in total. The molecule has 1 heterocycles. The highest BCUT2D eigenvalue weighted by Gasteiger charge is 2.05. The van der Waals surface area contributed by atoms with E-state index in [9.17, 15) is 0 Å². The van der Waals surface area contributed by atoms with Gasteiger partial charge < -0.3 is 0 Å². The monoisotopic (exact) mass is 251 g/mol. The highest BCUT2D eigenvalue weighted by molar-refractivity contribution is 9.08. The van der Waals surface area contributed by atoms with Crippen LogP contribution in [0, 0.1) is 6.92 Å². The molecule has 0 aliphatic heterocycles. The summed E-state index contributed by atoms with van der Waals surface area (Å²) in [5, 5.41) is 5.05. The minimum atomic E-state index is 0.688. The molecule has 0 aliphatic carbocycles. The number of para-hydroxylation sites is 1. The van der Waals surface area contributed by atoms with Gasteiger partial charge in [0.25, 0.3) is 0 Å². The van der Waals surface area contributed by atoms with E-state index < -0.39 is 0 Å². The zero-order chi connectivity index (χ0) is 9.97. The second-order valence-electron chi connectivity index (χ2n) is 2.96. The van der Waals surface area contributed by atoms with Crippen molar-refractivity contribution in [3.63, 3.8) is 0 Å². The Morgan fingerprint density at radius 1 is 1.29 bits per heavy atom. The van der Waals surface area contributed by atoms with Crippen molar-refractivity contribution < 1.29 is 0 Å². The third-order valence-electron chi connectivity index (χ3n) is 1.93. The standard InChI is InChI=1S/C10H10BrN3/c1-8-12-10(7-11)13-14(8)9-5-3-2-4-6-9/h2-6H,7H2,1H3. The summed E-state index contributed by atoms with van der Waals surface area (Å²) in [6, 6.07) is 10.00. The van der Waals surface area contributed by atoms with Crippen LogP contribution in [-0.2, 0) is 5.33 Å². The van der Waals surface area contributed by atoms with Crippen molar-refractivity contribution in [1.82, 2.24) is 14.8 Å². The van der Waals surface area contributed by atoms with Gasteiger partial charge in [-0.2, -0.15) is 5.10 Å². The minimum absolute atomic E-state index is 0.688. The van der Waals surface area contributed by atoms with E-state index in [-0.39, 0.29) is 0 Å². The van der Waals surface area contributed by atoms with Crippen LogP contribution in [0.4, 0.5) is 0 Å². The largest absolute Gasteiger partial charge is 0.218 e. The topological polar surface area (TPSA) is 30.7 Å². The van der Waals surface area contributed by atoms with E-state index in [4.69, 9.17) is 0 Å². The third kappa shape index (κ3) is 1.70. The Labute approximate surface area is 90.9 Å². The lowest BCUT2D eigenvalue weighted by Gasteiger charge is -2.00.